The van der Waals surface area contributed by atoms with E-state index in [2.05, 4.69) is 23.8 Å². The normalized spacial score (nSPS) is 16.0. The fraction of sp³-hybridized carbons (Fsp3) is 0.429. The monoisotopic (exact) mass is 619 g/mol. The quantitative estimate of drug-likeness (QED) is 0.191. The Morgan fingerprint density at radius 2 is 1.62 bits per heavy atom. The number of rotatable bonds is 16. The molecule has 242 valence electrons. The van der Waals surface area contributed by atoms with E-state index in [1.165, 1.54) is 6.08 Å². The Hall–Kier alpha value is -4.44. The first-order chi connectivity index (χ1) is 21.7. The van der Waals surface area contributed by atoms with Crippen molar-refractivity contribution in [2.75, 3.05) is 13.2 Å². The Morgan fingerprint density at radius 1 is 0.956 bits per heavy atom. The first kappa shape index (κ1) is 35.0. The molecule has 1 heterocycles. The summed E-state index contributed by atoms with van der Waals surface area (Å²) in [4.78, 5) is 53.8. The number of aliphatic hydroxyl groups excluding tert-OH is 1. The molecule has 1 aliphatic rings. The number of alkyl carbamates (subject to hydrolysis) is 1. The molecule has 10 nitrogen and oxygen atoms in total. The summed E-state index contributed by atoms with van der Waals surface area (Å²) in [6.45, 7) is 11.3. The van der Waals surface area contributed by atoms with Gasteiger partial charge in [-0.2, -0.15) is 0 Å². The minimum atomic E-state index is -1.02. The van der Waals surface area contributed by atoms with Crippen LogP contribution in [-0.4, -0.2) is 65.2 Å². The molecule has 2 aromatic carbocycles. The number of esters is 1. The Morgan fingerprint density at radius 3 is 2.27 bits per heavy atom. The van der Waals surface area contributed by atoms with Crippen molar-refractivity contribution in [2.24, 2.45) is 11.8 Å². The average molecular weight is 620 g/mol. The highest BCUT2D eigenvalue weighted by atomic mass is 16.6. The maximum absolute atomic E-state index is 13.4. The lowest BCUT2D eigenvalue weighted by Crippen LogP contribution is -2.49. The first-order valence-corrected chi connectivity index (χ1v) is 15.3. The number of hydrogen-bond donors (Lipinski definition) is 3. The highest BCUT2D eigenvalue weighted by Crippen LogP contribution is 2.25. The van der Waals surface area contributed by atoms with Crippen LogP contribution in [0.5, 0.6) is 0 Å². The number of aliphatic hydroxyl groups is 1. The van der Waals surface area contributed by atoms with Crippen LogP contribution in [0.15, 0.2) is 79.9 Å². The summed E-state index contributed by atoms with van der Waals surface area (Å²) in [5.41, 5.74) is 2.93. The zero-order valence-electron chi connectivity index (χ0n) is 26.2. The van der Waals surface area contributed by atoms with Crippen LogP contribution in [-0.2, 0) is 43.4 Å². The van der Waals surface area contributed by atoms with Gasteiger partial charge in [0.25, 0.3) is 0 Å². The summed E-state index contributed by atoms with van der Waals surface area (Å²) in [5, 5.41) is 15.5. The minimum Gasteiger partial charge on any atom is -0.462 e. The second-order valence-electron chi connectivity index (χ2n) is 11.5. The molecule has 4 unspecified atom stereocenters. The zero-order chi connectivity index (χ0) is 32.8. The molecule has 0 bridgehead atoms. The van der Waals surface area contributed by atoms with Gasteiger partial charge in [-0.25, -0.2) is 9.59 Å². The molecule has 45 heavy (non-hydrogen) atoms. The predicted octanol–water partition coefficient (Wildman–Crippen LogP) is 4.07. The SMILES string of the molecule is C=CCC(CC(=O)N1Cc2ccccc2CC1CO)C(=O)NC(COC(=O)C(CC=C)NC(=O)OCc1ccccc1)C(C)C. The number of nitrogens with zero attached hydrogens (tertiary/aromatic N) is 1. The molecule has 1 aliphatic heterocycles. The largest absolute Gasteiger partial charge is 0.462 e. The molecular weight excluding hydrogens is 574 g/mol. The predicted molar refractivity (Wildman–Crippen MR) is 171 cm³/mol. The van der Waals surface area contributed by atoms with E-state index in [4.69, 9.17) is 9.47 Å². The number of amides is 3. The number of benzene rings is 2. The summed E-state index contributed by atoms with van der Waals surface area (Å²) < 4.78 is 10.8. The molecule has 4 atom stereocenters. The van der Waals surface area contributed by atoms with Crippen molar-refractivity contribution in [3.05, 3.63) is 96.6 Å². The zero-order valence-corrected chi connectivity index (χ0v) is 26.2. The maximum atomic E-state index is 13.4. The van der Waals surface area contributed by atoms with Crippen LogP contribution in [0.25, 0.3) is 0 Å². The van der Waals surface area contributed by atoms with E-state index in [1.54, 1.807) is 11.0 Å². The van der Waals surface area contributed by atoms with E-state index >= 15 is 0 Å². The van der Waals surface area contributed by atoms with E-state index in [1.807, 2.05) is 68.4 Å². The number of fused-ring (bicyclic) bond motifs is 1. The van der Waals surface area contributed by atoms with E-state index in [0.717, 1.165) is 16.7 Å². The van der Waals surface area contributed by atoms with Crippen molar-refractivity contribution in [1.29, 1.82) is 0 Å². The highest BCUT2D eigenvalue weighted by Gasteiger charge is 2.33. The van der Waals surface area contributed by atoms with Gasteiger partial charge in [-0.15, -0.1) is 13.2 Å². The lowest BCUT2D eigenvalue weighted by molar-refractivity contribution is -0.148. The first-order valence-electron chi connectivity index (χ1n) is 15.3. The number of hydrogen-bond acceptors (Lipinski definition) is 7. The van der Waals surface area contributed by atoms with Crippen LogP contribution in [0.3, 0.4) is 0 Å². The number of nitrogens with one attached hydrogen (secondary N) is 2. The van der Waals surface area contributed by atoms with Crippen LogP contribution >= 0.6 is 0 Å². The molecule has 0 radical (unpaired) electrons. The third-order valence-electron chi connectivity index (χ3n) is 7.86. The molecule has 10 heteroatoms. The third-order valence-corrected chi connectivity index (χ3v) is 7.86. The topological polar surface area (TPSA) is 134 Å². The highest BCUT2D eigenvalue weighted by molar-refractivity contribution is 5.86. The Bertz CT molecular complexity index is 1310. The molecule has 3 N–H and O–H groups in total. The third kappa shape index (κ3) is 10.6. The smallest absolute Gasteiger partial charge is 0.408 e. The van der Waals surface area contributed by atoms with Gasteiger partial charge in [0.15, 0.2) is 0 Å². The standard InChI is InChI=1S/C35H45N3O7/c1-5-12-27(19-32(40)38-20-28-17-11-10-16-26(28)18-29(38)21-39)33(41)36-31(24(3)4)23-44-34(42)30(13-6-2)37-35(43)45-22-25-14-8-7-9-15-25/h5-11,14-17,24,27,29-31,39H,1-2,12-13,18-23H2,3-4H3,(H,36,41)(H,37,43). The van der Waals surface area contributed by atoms with Crippen LogP contribution in [0, 0.1) is 11.8 Å². The molecule has 3 amide bonds. The Labute approximate surface area is 265 Å². The van der Waals surface area contributed by atoms with Gasteiger partial charge in [0.1, 0.15) is 19.3 Å². The fourth-order valence-electron chi connectivity index (χ4n) is 5.12. The van der Waals surface area contributed by atoms with Gasteiger partial charge in [-0.3, -0.25) is 9.59 Å². The molecule has 3 rings (SSSR count). The van der Waals surface area contributed by atoms with Gasteiger partial charge < -0.3 is 30.1 Å². The maximum Gasteiger partial charge on any atom is 0.408 e. The molecule has 0 spiro atoms. The molecule has 0 aromatic heterocycles. The molecule has 2 aromatic rings. The average Bonchev–Trinajstić information content (AvgIpc) is 3.04. The summed E-state index contributed by atoms with van der Waals surface area (Å²) in [5.74, 6) is -2.08. The van der Waals surface area contributed by atoms with Crippen LogP contribution < -0.4 is 10.6 Å². The van der Waals surface area contributed by atoms with Gasteiger partial charge in [0.05, 0.1) is 24.6 Å². The molecule has 0 fully saturated rings. The summed E-state index contributed by atoms with van der Waals surface area (Å²) >= 11 is 0. The van der Waals surface area contributed by atoms with Crippen LogP contribution in [0.2, 0.25) is 0 Å². The van der Waals surface area contributed by atoms with Crippen molar-refractivity contribution >= 4 is 23.9 Å². The fourth-order valence-corrected chi connectivity index (χ4v) is 5.12. The van der Waals surface area contributed by atoms with Gasteiger partial charge >= 0.3 is 12.1 Å². The molecule has 0 saturated carbocycles. The van der Waals surface area contributed by atoms with Gasteiger partial charge in [0, 0.05) is 13.0 Å². The number of carbonyl (C=O) groups excluding carboxylic acids is 4. The summed E-state index contributed by atoms with van der Waals surface area (Å²) in [7, 11) is 0. The lowest BCUT2D eigenvalue weighted by Gasteiger charge is -2.36. The van der Waals surface area contributed by atoms with Crippen molar-refractivity contribution in [2.45, 2.75) is 70.8 Å². The Kier molecular flexibility index (Phi) is 13.8. The second kappa shape index (κ2) is 17.8. The van der Waals surface area contributed by atoms with Crippen LogP contribution in [0.4, 0.5) is 4.79 Å². The van der Waals surface area contributed by atoms with E-state index < -0.39 is 30.1 Å². The van der Waals surface area contributed by atoms with Gasteiger partial charge in [-0.05, 0) is 41.9 Å². The molecule has 0 saturated heterocycles. The van der Waals surface area contributed by atoms with E-state index in [9.17, 15) is 24.3 Å². The number of ether oxygens (including phenoxy) is 2. The lowest BCUT2D eigenvalue weighted by atomic mass is 9.92. The van der Waals surface area contributed by atoms with E-state index in [-0.39, 0.29) is 62.9 Å². The Balaban J connectivity index is 1.57. The second-order valence-corrected chi connectivity index (χ2v) is 11.5. The van der Waals surface area contributed by atoms with Crippen molar-refractivity contribution in [3.8, 4) is 0 Å². The van der Waals surface area contributed by atoms with E-state index in [0.29, 0.717) is 13.0 Å². The van der Waals surface area contributed by atoms with Gasteiger partial charge in [0.2, 0.25) is 11.8 Å². The van der Waals surface area contributed by atoms with Crippen LogP contribution in [0.1, 0.15) is 49.8 Å². The van der Waals surface area contributed by atoms with Crippen molar-refractivity contribution < 1.29 is 33.8 Å². The summed E-state index contributed by atoms with van der Waals surface area (Å²) in [6.07, 6.45) is 3.20. The summed E-state index contributed by atoms with van der Waals surface area (Å²) in [6, 6.07) is 15.0. The molecule has 0 aliphatic carbocycles. The van der Waals surface area contributed by atoms with Crippen molar-refractivity contribution in [1.82, 2.24) is 15.5 Å². The van der Waals surface area contributed by atoms with Crippen molar-refractivity contribution in [3.63, 3.8) is 0 Å². The number of carbonyl (C=O) groups is 4. The minimum absolute atomic E-state index is 0.0457. The molecular formula is C35H45N3O7. The van der Waals surface area contributed by atoms with Gasteiger partial charge in [-0.1, -0.05) is 80.6 Å². The number of allylic oxidation sites excluding steroid dienone is 1.